The second-order valence-electron chi connectivity index (χ2n) is 5.82. The van der Waals surface area contributed by atoms with Crippen molar-refractivity contribution in [2.24, 2.45) is 5.73 Å². The Morgan fingerprint density at radius 3 is 2.80 bits per heavy atom. The minimum atomic E-state index is -0.604. The number of hydrogen-bond acceptors (Lipinski definition) is 3. The molecule has 3 aromatic rings. The number of fused-ring (bicyclic) bond motifs is 1. The number of benzene rings is 1. The average molecular weight is 362 g/mol. The summed E-state index contributed by atoms with van der Waals surface area (Å²) in [5.41, 5.74) is 7.56. The van der Waals surface area contributed by atoms with Crippen LogP contribution in [0.15, 0.2) is 36.5 Å². The summed E-state index contributed by atoms with van der Waals surface area (Å²) in [7, 11) is 1.61. The molecule has 3 rings (SSSR count). The Morgan fingerprint density at radius 2 is 2.16 bits per heavy atom. The summed E-state index contributed by atoms with van der Waals surface area (Å²) in [6, 6.07) is 7.93. The number of hydrogen-bond donors (Lipinski definition) is 1. The van der Waals surface area contributed by atoms with Crippen LogP contribution in [0.1, 0.15) is 23.5 Å². The number of ether oxygens (including phenoxy) is 1. The normalized spacial score (nSPS) is 12.5. The molecule has 7 heteroatoms. The van der Waals surface area contributed by atoms with Crippen LogP contribution >= 0.6 is 11.6 Å². The molecular weight excluding hydrogens is 345 g/mol. The number of nitrogens with two attached hydrogens (primary N) is 1. The van der Waals surface area contributed by atoms with Gasteiger partial charge in [0.2, 0.25) is 0 Å². The van der Waals surface area contributed by atoms with Crippen LogP contribution in [0, 0.1) is 5.82 Å². The van der Waals surface area contributed by atoms with Gasteiger partial charge in [-0.05, 0) is 36.8 Å². The number of nitrogens with zero attached hydrogens (tertiary/aromatic N) is 2. The molecule has 5 nitrogen and oxygen atoms in total. The largest absolute Gasteiger partial charge is 0.383 e. The minimum absolute atomic E-state index is 0.0333. The molecule has 0 aliphatic heterocycles. The van der Waals surface area contributed by atoms with E-state index in [4.69, 9.17) is 22.1 Å². The van der Waals surface area contributed by atoms with Gasteiger partial charge in [-0.3, -0.25) is 4.79 Å². The van der Waals surface area contributed by atoms with Gasteiger partial charge in [0.05, 0.1) is 17.7 Å². The van der Waals surface area contributed by atoms with Crippen LogP contribution in [0.3, 0.4) is 0 Å². The molecular formula is C18H17ClFN3O2. The molecule has 0 aliphatic rings. The molecule has 0 bridgehead atoms. The zero-order valence-electron chi connectivity index (χ0n) is 13.8. The first-order chi connectivity index (χ1) is 11.9. The summed E-state index contributed by atoms with van der Waals surface area (Å²) in [5.74, 6) is -1.10. The van der Waals surface area contributed by atoms with E-state index in [1.54, 1.807) is 25.3 Å². The van der Waals surface area contributed by atoms with Crippen molar-refractivity contribution in [3.8, 4) is 11.1 Å². The lowest BCUT2D eigenvalue weighted by Gasteiger charge is -2.13. The standard InChI is InChI=1S/C18H17ClFN3O2/c1-10(9-25-2)23-8-13(11-3-5-14(19)15(20)7-11)12-4-6-16(17(21)24)22-18(12)23/h3-8,10H,9H2,1-2H3,(H2,21,24). The number of pyridine rings is 1. The lowest BCUT2D eigenvalue weighted by atomic mass is 10.1. The van der Waals surface area contributed by atoms with E-state index in [9.17, 15) is 9.18 Å². The smallest absolute Gasteiger partial charge is 0.267 e. The van der Waals surface area contributed by atoms with E-state index in [-0.39, 0.29) is 16.8 Å². The third-order valence-corrected chi connectivity index (χ3v) is 4.35. The molecule has 1 unspecified atom stereocenters. The Balaban J connectivity index is 2.25. The summed E-state index contributed by atoms with van der Waals surface area (Å²) in [5, 5.41) is 0.851. The molecule has 1 atom stereocenters. The van der Waals surface area contributed by atoms with Crippen LogP contribution in [0.5, 0.6) is 0 Å². The van der Waals surface area contributed by atoms with Gasteiger partial charge in [0.25, 0.3) is 5.91 Å². The fraction of sp³-hybridized carbons (Fsp3) is 0.222. The van der Waals surface area contributed by atoms with E-state index in [2.05, 4.69) is 4.98 Å². The number of halogens is 2. The van der Waals surface area contributed by atoms with Gasteiger partial charge in [-0.1, -0.05) is 17.7 Å². The minimum Gasteiger partial charge on any atom is -0.383 e. The van der Waals surface area contributed by atoms with E-state index in [1.807, 2.05) is 17.7 Å². The quantitative estimate of drug-likeness (QED) is 0.751. The van der Waals surface area contributed by atoms with Crippen molar-refractivity contribution in [2.45, 2.75) is 13.0 Å². The van der Waals surface area contributed by atoms with Gasteiger partial charge in [0.1, 0.15) is 17.2 Å². The predicted octanol–water partition coefficient (Wildman–Crippen LogP) is 3.80. The van der Waals surface area contributed by atoms with Gasteiger partial charge >= 0.3 is 0 Å². The topological polar surface area (TPSA) is 70.1 Å². The molecule has 25 heavy (non-hydrogen) atoms. The number of methoxy groups -OCH3 is 1. The number of aromatic nitrogens is 2. The van der Waals surface area contributed by atoms with E-state index in [1.165, 1.54) is 12.1 Å². The highest BCUT2D eigenvalue weighted by atomic mass is 35.5. The Bertz CT molecular complexity index is 955. The van der Waals surface area contributed by atoms with Crippen LogP contribution in [0.2, 0.25) is 5.02 Å². The van der Waals surface area contributed by atoms with Crippen LogP contribution in [0.25, 0.3) is 22.2 Å². The average Bonchev–Trinajstić information content (AvgIpc) is 2.96. The van der Waals surface area contributed by atoms with Gasteiger partial charge < -0.3 is 15.0 Å². The Kier molecular flexibility index (Phi) is 4.74. The molecule has 130 valence electrons. The zero-order valence-corrected chi connectivity index (χ0v) is 14.5. The van der Waals surface area contributed by atoms with Gasteiger partial charge in [-0.15, -0.1) is 0 Å². The lowest BCUT2D eigenvalue weighted by Crippen LogP contribution is -2.15. The van der Waals surface area contributed by atoms with Gasteiger partial charge in [-0.2, -0.15) is 0 Å². The van der Waals surface area contributed by atoms with Crippen molar-refractivity contribution in [3.05, 3.63) is 53.1 Å². The highest BCUT2D eigenvalue weighted by molar-refractivity contribution is 6.30. The molecule has 0 saturated carbocycles. The Labute approximate surface area is 149 Å². The summed E-state index contributed by atoms with van der Waals surface area (Å²) < 4.78 is 21.0. The molecule has 0 spiro atoms. The maximum Gasteiger partial charge on any atom is 0.267 e. The van der Waals surface area contributed by atoms with Gasteiger partial charge in [0, 0.05) is 24.3 Å². The lowest BCUT2D eigenvalue weighted by molar-refractivity contribution is 0.0996. The molecule has 0 aliphatic carbocycles. The second kappa shape index (κ2) is 6.82. The van der Waals surface area contributed by atoms with Crippen molar-refractivity contribution in [2.75, 3.05) is 13.7 Å². The maximum absolute atomic E-state index is 13.9. The Morgan fingerprint density at radius 1 is 1.40 bits per heavy atom. The molecule has 2 aromatic heterocycles. The first-order valence-electron chi connectivity index (χ1n) is 7.68. The molecule has 2 N–H and O–H groups in total. The zero-order chi connectivity index (χ0) is 18.1. The number of amides is 1. The molecule has 0 fully saturated rings. The van der Waals surface area contributed by atoms with Crippen molar-refractivity contribution in [1.82, 2.24) is 9.55 Å². The first kappa shape index (κ1) is 17.4. The monoisotopic (exact) mass is 361 g/mol. The van der Waals surface area contributed by atoms with E-state index < -0.39 is 11.7 Å². The molecule has 0 radical (unpaired) electrons. The third kappa shape index (κ3) is 3.23. The van der Waals surface area contributed by atoms with Crippen LogP contribution < -0.4 is 5.73 Å². The van der Waals surface area contributed by atoms with Gasteiger partial charge in [0.15, 0.2) is 0 Å². The predicted molar refractivity (Wildman–Crippen MR) is 95.2 cm³/mol. The van der Waals surface area contributed by atoms with Crippen molar-refractivity contribution < 1.29 is 13.9 Å². The van der Waals surface area contributed by atoms with Crippen molar-refractivity contribution >= 4 is 28.5 Å². The van der Waals surface area contributed by atoms with Crippen LogP contribution in [-0.2, 0) is 4.74 Å². The molecule has 0 saturated heterocycles. The molecule has 1 amide bonds. The third-order valence-electron chi connectivity index (χ3n) is 4.04. The fourth-order valence-corrected chi connectivity index (χ4v) is 2.93. The summed E-state index contributed by atoms with van der Waals surface area (Å²) in [6.07, 6.45) is 1.87. The highest BCUT2D eigenvalue weighted by Crippen LogP contribution is 2.33. The summed E-state index contributed by atoms with van der Waals surface area (Å²) in [4.78, 5) is 15.8. The molecule has 1 aromatic carbocycles. The number of rotatable bonds is 5. The van der Waals surface area contributed by atoms with E-state index in [0.29, 0.717) is 17.8 Å². The van der Waals surface area contributed by atoms with E-state index in [0.717, 1.165) is 10.9 Å². The van der Waals surface area contributed by atoms with Crippen molar-refractivity contribution in [3.63, 3.8) is 0 Å². The second-order valence-corrected chi connectivity index (χ2v) is 6.22. The van der Waals surface area contributed by atoms with Crippen LogP contribution in [0.4, 0.5) is 4.39 Å². The SMILES string of the molecule is COCC(C)n1cc(-c2ccc(Cl)c(F)c2)c2ccc(C(N)=O)nc21. The van der Waals surface area contributed by atoms with Crippen LogP contribution in [-0.4, -0.2) is 29.2 Å². The number of carbonyl (C=O) groups is 1. The van der Waals surface area contributed by atoms with E-state index >= 15 is 0 Å². The van der Waals surface area contributed by atoms with Crippen molar-refractivity contribution in [1.29, 1.82) is 0 Å². The highest BCUT2D eigenvalue weighted by Gasteiger charge is 2.18. The summed E-state index contributed by atoms with van der Waals surface area (Å²) in [6.45, 7) is 2.43. The fourth-order valence-electron chi connectivity index (χ4n) is 2.81. The first-order valence-corrected chi connectivity index (χ1v) is 8.06. The number of primary amides is 1. The molecule has 2 heterocycles. The Hall–Kier alpha value is -2.44. The summed E-state index contributed by atoms with van der Waals surface area (Å²) >= 11 is 5.78. The number of carbonyl (C=O) groups excluding carboxylic acids is 1. The maximum atomic E-state index is 13.9. The van der Waals surface area contributed by atoms with Gasteiger partial charge in [-0.25, -0.2) is 9.37 Å².